The Morgan fingerprint density at radius 1 is 1.22 bits per heavy atom. The summed E-state index contributed by atoms with van der Waals surface area (Å²) >= 11 is 0. The molecule has 6 heteroatoms. The lowest BCUT2D eigenvalue weighted by atomic mass is 9.93. The third-order valence-electron chi connectivity index (χ3n) is 6.30. The van der Waals surface area contributed by atoms with Gasteiger partial charge >= 0.3 is 0 Å². The molecule has 6 nitrogen and oxygen atoms in total. The summed E-state index contributed by atoms with van der Waals surface area (Å²) in [4.78, 5) is 17.8. The van der Waals surface area contributed by atoms with E-state index in [-0.39, 0.29) is 11.8 Å². The van der Waals surface area contributed by atoms with Crippen molar-refractivity contribution in [2.45, 2.75) is 72.0 Å². The number of carbonyl (C=O) groups excluding carboxylic acids is 1. The molecule has 0 aromatic carbocycles. The quantitative estimate of drug-likeness (QED) is 0.828. The molecule has 3 rings (SSSR count). The van der Waals surface area contributed by atoms with Crippen LogP contribution in [0.5, 0.6) is 0 Å². The standard InChI is InChI=1S/C21H37N5O/c1-16(2)24-11-7-20(8-12-24)25-10-5-6-19(15-25)21(27)22-9-13-26-18(4)14-17(3)23-26/h14,16,19-20H,5-13,15H2,1-4H3,(H,22,27)/t19-/m1/s1. The second-order valence-electron chi connectivity index (χ2n) is 8.64. The number of nitrogens with zero attached hydrogens (tertiary/aromatic N) is 4. The van der Waals surface area contributed by atoms with E-state index in [1.54, 1.807) is 0 Å². The molecular formula is C21H37N5O. The Morgan fingerprint density at radius 3 is 2.59 bits per heavy atom. The van der Waals surface area contributed by atoms with Crippen LogP contribution >= 0.6 is 0 Å². The Balaban J connectivity index is 1.43. The number of hydrogen-bond donors (Lipinski definition) is 1. The molecule has 1 aromatic heterocycles. The van der Waals surface area contributed by atoms with Gasteiger partial charge in [0.25, 0.3) is 0 Å². The van der Waals surface area contributed by atoms with E-state index >= 15 is 0 Å². The Labute approximate surface area is 164 Å². The van der Waals surface area contributed by atoms with Crippen molar-refractivity contribution in [1.82, 2.24) is 24.9 Å². The largest absolute Gasteiger partial charge is 0.354 e. The fraction of sp³-hybridized carbons (Fsp3) is 0.810. The number of aryl methyl sites for hydroxylation is 2. The van der Waals surface area contributed by atoms with Gasteiger partial charge < -0.3 is 10.2 Å². The highest BCUT2D eigenvalue weighted by Crippen LogP contribution is 2.24. The average Bonchev–Trinajstić information content (AvgIpc) is 2.99. The summed E-state index contributed by atoms with van der Waals surface area (Å²) in [5.41, 5.74) is 2.18. The fourth-order valence-electron chi connectivity index (χ4n) is 4.65. The molecule has 0 aliphatic carbocycles. The summed E-state index contributed by atoms with van der Waals surface area (Å²) in [5.74, 6) is 0.364. The third-order valence-corrected chi connectivity index (χ3v) is 6.30. The molecule has 27 heavy (non-hydrogen) atoms. The highest BCUT2D eigenvalue weighted by Gasteiger charge is 2.31. The van der Waals surface area contributed by atoms with Gasteiger partial charge in [0.1, 0.15) is 0 Å². The molecule has 152 valence electrons. The minimum Gasteiger partial charge on any atom is -0.354 e. The molecule has 0 radical (unpaired) electrons. The zero-order chi connectivity index (χ0) is 19.4. The molecule has 2 fully saturated rings. The maximum absolute atomic E-state index is 12.7. The first-order valence-corrected chi connectivity index (χ1v) is 10.7. The zero-order valence-electron chi connectivity index (χ0n) is 17.6. The first-order chi connectivity index (χ1) is 12.9. The van der Waals surface area contributed by atoms with Crippen molar-refractivity contribution < 1.29 is 4.79 Å². The van der Waals surface area contributed by atoms with Crippen LogP contribution < -0.4 is 5.32 Å². The number of likely N-dealkylation sites (tertiary alicyclic amines) is 2. The molecular weight excluding hydrogens is 338 g/mol. The molecule has 1 N–H and O–H groups in total. The monoisotopic (exact) mass is 375 g/mol. The molecule has 1 atom stereocenters. The highest BCUT2D eigenvalue weighted by atomic mass is 16.1. The van der Waals surface area contributed by atoms with Gasteiger partial charge in [-0.3, -0.25) is 14.4 Å². The van der Waals surface area contributed by atoms with E-state index in [0.29, 0.717) is 18.6 Å². The van der Waals surface area contributed by atoms with Crippen molar-refractivity contribution in [3.8, 4) is 0 Å². The van der Waals surface area contributed by atoms with Crippen LogP contribution in [0.15, 0.2) is 6.07 Å². The lowest BCUT2D eigenvalue weighted by Gasteiger charge is -2.43. The van der Waals surface area contributed by atoms with Crippen LogP contribution in [0, 0.1) is 19.8 Å². The van der Waals surface area contributed by atoms with E-state index in [0.717, 1.165) is 43.9 Å². The van der Waals surface area contributed by atoms with E-state index in [1.165, 1.54) is 25.9 Å². The van der Waals surface area contributed by atoms with E-state index < -0.39 is 0 Å². The fourth-order valence-corrected chi connectivity index (χ4v) is 4.65. The van der Waals surface area contributed by atoms with Gasteiger partial charge in [0.05, 0.1) is 18.2 Å². The Morgan fingerprint density at radius 2 is 1.96 bits per heavy atom. The Kier molecular flexibility index (Phi) is 6.93. The highest BCUT2D eigenvalue weighted by molar-refractivity contribution is 5.78. The maximum Gasteiger partial charge on any atom is 0.224 e. The summed E-state index contributed by atoms with van der Waals surface area (Å²) in [7, 11) is 0. The van der Waals surface area contributed by atoms with Crippen molar-refractivity contribution in [2.24, 2.45) is 5.92 Å². The van der Waals surface area contributed by atoms with E-state index in [2.05, 4.69) is 47.1 Å². The maximum atomic E-state index is 12.7. The normalized spacial score (nSPS) is 23.1. The third kappa shape index (κ3) is 5.32. The average molecular weight is 376 g/mol. The van der Waals surface area contributed by atoms with Crippen LogP contribution in [0.3, 0.4) is 0 Å². The number of aromatic nitrogens is 2. The van der Waals surface area contributed by atoms with Gasteiger partial charge in [-0.25, -0.2) is 0 Å². The van der Waals surface area contributed by atoms with Gasteiger partial charge in [-0.2, -0.15) is 5.10 Å². The topological polar surface area (TPSA) is 53.4 Å². The van der Waals surface area contributed by atoms with E-state index in [9.17, 15) is 4.79 Å². The summed E-state index contributed by atoms with van der Waals surface area (Å²) in [6.07, 6.45) is 4.64. The van der Waals surface area contributed by atoms with Gasteiger partial charge in [0, 0.05) is 30.9 Å². The van der Waals surface area contributed by atoms with Crippen molar-refractivity contribution >= 4 is 5.91 Å². The number of nitrogens with one attached hydrogen (secondary N) is 1. The van der Waals surface area contributed by atoms with Crippen LogP contribution in [0.1, 0.15) is 50.9 Å². The molecule has 2 aliphatic rings. The summed E-state index contributed by atoms with van der Waals surface area (Å²) in [5, 5.41) is 7.61. The number of carbonyl (C=O) groups is 1. The van der Waals surface area contributed by atoms with Crippen LogP contribution in [0.25, 0.3) is 0 Å². The molecule has 2 aliphatic heterocycles. The smallest absolute Gasteiger partial charge is 0.224 e. The number of amides is 1. The second-order valence-corrected chi connectivity index (χ2v) is 8.64. The van der Waals surface area contributed by atoms with Crippen molar-refractivity contribution in [3.63, 3.8) is 0 Å². The minimum absolute atomic E-state index is 0.141. The molecule has 1 aromatic rings. The van der Waals surface area contributed by atoms with Gasteiger partial charge in [0.15, 0.2) is 0 Å². The minimum atomic E-state index is 0.141. The van der Waals surface area contributed by atoms with Gasteiger partial charge in [-0.15, -0.1) is 0 Å². The van der Waals surface area contributed by atoms with E-state index in [4.69, 9.17) is 0 Å². The molecule has 0 bridgehead atoms. The molecule has 0 saturated carbocycles. The van der Waals surface area contributed by atoms with Crippen LogP contribution in [0.4, 0.5) is 0 Å². The first kappa shape index (κ1) is 20.3. The number of hydrogen-bond acceptors (Lipinski definition) is 4. The number of rotatable bonds is 6. The predicted octanol–water partition coefficient (Wildman–Crippen LogP) is 2.20. The lowest BCUT2D eigenvalue weighted by molar-refractivity contribution is -0.127. The molecule has 1 amide bonds. The van der Waals surface area contributed by atoms with Crippen molar-refractivity contribution in [2.75, 3.05) is 32.7 Å². The zero-order valence-corrected chi connectivity index (χ0v) is 17.6. The molecule has 2 saturated heterocycles. The van der Waals surface area contributed by atoms with Crippen LogP contribution in [0.2, 0.25) is 0 Å². The number of piperidine rings is 2. The van der Waals surface area contributed by atoms with Crippen LogP contribution in [-0.4, -0.2) is 70.3 Å². The van der Waals surface area contributed by atoms with Gasteiger partial charge in [-0.1, -0.05) is 0 Å². The molecule has 3 heterocycles. The van der Waals surface area contributed by atoms with Crippen LogP contribution in [-0.2, 0) is 11.3 Å². The molecule has 0 unspecified atom stereocenters. The van der Waals surface area contributed by atoms with Crippen molar-refractivity contribution in [3.05, 3.63) is 17.5 Å². The summed E-state index contributed by atoms with van der Waals surface area (Å²) in [6.45, 7) is 14.5. The predicted molar refractivity (Wildman–Crippen MR) is 109 cm³/mol. The summed E-state index contributed by atoms with van der Waals surface area (Å²) < 4.78 is 1.98. The molecule has 0 spiro atoms. The van der Waals surface area contributed by atoms with Gasteiger partial charge in [-0.05, 0) is 79.1 Å². The first-order valence-electron chi connectivity index (χ1n) is 10.7. The lowest BCUT2D eigenvalue weighted by Crippen LogP contribution is -2.51. The summed E-state index contributed by atoms with van der Waals surface area (Å²) in [6, 6.07) is 3.38. The SMILES string of the molecule is Cc1cc(C)n(CCNC(=O)[C@@H]2CCCN(C3CCN(C(C)C)CC3)C2)n1. The van der Waals surface area contributed by atoms with Gasteiger partial charge in [0.2, 0.25) is 5.91 Å². The van der Waals surface area contributed by atoms with E-state index in [1.807, 2.05) is 11.6 Å². The Bertz CT molecular complexity index is 618. The second kappa shape index (κ2) is 9.20. The Hall–Kier alpha value is -1.40. The van der Waals surface area contributed by atoms with Crippen molar-refractivity contribution in [1.29, 1.82) is 0 Å².